The number of aryl methyl sites for hydroxylation is 1. The molecule has 1 unspecified atom stereocenters. The van der Waals surface area contributed by atoms with Gasteiger partial charge in [-0.05, 0) is 31.0 Å². The van der Waals surface area contributed by atoms with Crippen molar-refractivity contribution in [2.24, 2.45) is 0 Å². The summed E-state index contributed by atoms with van der Waals surface area (Å²) in [7, 11) is 0. The predicted octanol–water partition coefficient (Wildman–Crippen LogP) is 2.41. The molecule has 33 heavy (non-hydrogen) atoms. The van der Waals surface area contributed by atoms with Crippen LogP contribution in [0.25, 0.3) is 0 Å². The number of hydrogen-bond acceptors (Lipinski definition) is 6. The molecular weight excluding hydrogens is 441 g/mol. The molecule has 2 fully saturated rings. The number of carboxylic acid groups (broad SMARTS) is 1. The number of amides is 1. The first-order valence-corrected chi connectivity index (χ1v) is 11.1. The van der Waals surface area contributed by atoms with Gasteiger partial charge in [0.25, 0.3) is 0 Å². The second-order valence-electron chi connectivity index (χ2n) is 8.62. The maximum Gasteiger partial charge on any atom is 0.425 e. The van der Waals surface area contributed by atoms with Gasteiger partial charge >= 0.3 is 18.2 Å². The number of piperazine rings is 2. The third kappa shape index (κ3) is 6.97. The minimum Gasteiger partial charge on any atom is -0.480 e. The molecule has 184 valence electrons. The Labute approximate surface area is 191 Å². The number of carbonyl (C=O) groups is 2. The molecule has 0 saturated carbocycles. The number of hydrogen-bond donors (Lipinski definition) is 1. The molecule has 1 N–H and O–H groups in total. The molecule has 2 saturated heterocycles. The first kappa shape index (κ1) is 25.1. The van der Waals surface area contributed by atoms with E-state index in [1.54, 1.807) is 0 Å². The van der Waals surface area contributed by atoms with Gasteiger partial charge in [-0.15, -0.1) is 0 Å². The van der Waals surface area contributed by atoms with Crippen molar-refractivity contribution in [3.63, 3.8) is 0 Å². The fourth-order valence-corrected chi connectivity index (χ4v) is 4.06. The van der Waals surface area contributed by atoms with Crippen LogP contribution < -0.4 is 4.90 Å². The summed E-state index contributed by atoms with van der Waals surface area (Å²) in [5, 5.41) is 9.00. The Morgan fingerprint density at radius 3 is 2.21 bits per heavy atom. The average Bonchev–Trinajstić information content (AvgIpc) is 2.75. The minimum atomic E-state index is -4.57. The van der Waals surface area contributed by atoms with Gasteiger partial charge in [-0.3, -0.25) is 14.6 Å². The van der Waals surface area contributed by atoms with E-state index >= 15 is 0 Å². The number of anilines is 1. The van der Waals surface area contributed by atoms with Crippen LogP contribution in [0.2, 0.25) is 0 Å². The molecule has 1 aromatic carbocycles. The van der Waals surface area contributed by atoms with Crippen molar-refractivity contribution in [3.05, 3.63) is 29.3 Å². The molecule has 0 radical (unpaired) electrons. The second-order valence-corrected chi connectivity index (χ2v) is 8.62. The van der Waals surface area contributed by atoms with E-state index in [0.717, 1.165) is 36.8 Å². The molecule has 2 aliphatic heterocycles. The lowest BCUT2D eigenvalue weighted by Crippen LogP contribution is -2.50. The first-order chi connectivity index (χ1) is 15.5. The molecule has 0 spiro atoms. The molecule has 0 bridgehead atoms. The van der Waals surface area contributed by atoms with Crippen molar-refractivity contribution >= 4 is 17.7 Å². The summed E-state index contributed by atoms with van der Waals surface area (Å²) in [6.45, 7) is 8.07. The van der Waals surface area contributed by atoms with Crippen LogP contribution in [0.1, 0.15) is 18.1 Å². The average molecular weight is 473 g/mol. The molecule has 3 rings (SSSR count). The summed E-state index contributed by atoms with van der Waals surface area (Å²) in [5.41, 5.74) is 3.38. The van der Waals surface area contributed by atoms with Gasteiger partial charge in [0, 0.05) is 64.6 Å². The van der Waals surface area contributed by atoms with E-state index in [4.69, 9.17) is 5.11 Å². The van der Waals surface area contributed by atoms with Crippen LogP contribution in [0.5, 0.6) is 0 Å². The van der Waals surface area contributed by atoms with Crippen LogP contribution >= 0.6 is 0 Å². The number of alkyl halides is 3. The van der Waals surface area contributed by atoms with Crippen LogP contribution in [0.15, 0.2) is 18.2 Å². The Morgan fingerprint density at radius 2 is 1.64 bits per heavy atom. The van der Waals surface area contributed by atoms with Crippen LogP contribution in [0.3, 0.4) is 0 Å². The van der Waals surface area contributed by atoms with Gasteiger partial charge < -0.3 is 19.6 Å². The van der Waals surface area contributed by atoms with Crippen molar-refractivity contribution in [1.82, 2.24) is 14.7 Å². The molecule has 1 aromatic rings. The summed E-state index contributed by atoms with van der Waals surface area (Å²) < 4.78 is 42.5. The highest BCUT2D eigenvalue weighted by Crippen LogP contribution is 2.26. The lowest BCUT2D eigenvalue weighted by Gasteiger charge is -2.38. The molecule has 2 heterocycles. The number of ether oxygens (including phenoxy) is 1. The number of carbonyl (C=O) groups excluding carboxylic acids is 1. The number of halogens is 3. The number of nitrogens with zero attached hydrogens (tertiary/aromatic N) is 4. The van der Waals surface area contributed by atoms with Crippen molar-refractivity contribution in [1.29, 1.82) is 0 Å². The van der Waals surface area contributed by atoms with E-state index in [2.05, 4.69) is 26.7 Å². The molecule has 1 atom stereocenters. The molecule has 1 amide bonds. The van der Waals surface area contributed by atoms with Gasteiger partial charge in [-0.1, -0.05) is 12.1 Å². The Bertz CT molecular complexity index is 835. The summed E-state index contributed by atoms with van der Waals surface area (Å²) in [4.78, 5) is 30.7. The summed E-state index contributed by atoms with van der Waals surface area (Å²) in [6.07, 6.45) is -7.64. The standard InChI is InChI=1S/C22H31F3N4O4/c1-16-3-4-18(19(13-16)28-9-5-27(6-10-28)15-20(30)31)14-26-7-11-29(12-8-26)21(32)33-17(2)22(23,24)25/h3-4,13,17H,5-12,14-15H2,1-2H3,(H,30,31). The fraction of sp³-hybridized carbons (Fsp3) is 0.636. The van der Waals surface area contributed by atoms with E-state index in [1.165, 1.54) is 4.90 Å². The summed E-state index contributed by atoms with van der Waals surface area (Å²) >= 11 is 0. The Kier molecular flexibility index (Phi) is 8.06. The van der Waals surface area contributed by atoms with Crippen LogP contribution in [0, 0.1) is 6.92 Å². The van der Waals surface area contributed by atoms with Gasteiger partial charge in [-0.2, -0.15) is 13.2 Å². The number of aliphatic carboxylic acids is 1. The zero-order valence-electron chi connectivity index (χ0n) is 19.0. The van der Waals surface area contributed by atoms with E-state index < -0.39 is 24.3 Å². The largest absolute Gasteiger partial charge is 0.480 e. The normalized spacial score (nSPS) is 19.4. The second kappa shape index (κ2) is 10.6. The Balaban J connectivity index is 1.56. The zero-order chi connectivity index (χ0) is 24.2. The smallest absolute Gasteiger partial charge is 0.425 e. The monoisotopic (exact) mass is 472 g/mol. The van der Waals surface area contributed by atoms with Crippen molar-refractivity contribution in [2.45, 2.75) is 32.7 Å². The minimum absolute atomic E-state index is 0.0446. The highest BCUT2D eigenvalue weighted by atomic mass is 19.4. The van der Waals surface area contributed by atoms with Crippen molar-refractivity contribution in [2.75, 3.05) is 63.8 Å². The van der Waals surface area contributed by atoms with Gasteiger partial charge in [0.15, 0.2) is 6.10 Å². The van der Waals surface area contributed by atoms with Gasteiger partial charge in [0.1, 0.15) is 0 Å². The number of rotatable bonds is 6. The third-order valence-corrected chi connectivity index (χ3v) is 6.08. The maximum atomic E-state index is 12.6. The van der Waals surface area contributed by atoms with E-state index in [9.17, 15) is 22.8 Å². The summed E-state index contributed by atoms with van der Waals surface area (Å²) in [5.74, 6) is -0.824. The first-order valence-electron chi connectivity index (χ1n) is 11.1. The summed E-state index contributed by atoms with van der Waals surface area (Å²) in [6, 6.07) is 6.26. The molecule has 0 aliphatic carbocycles. The van der Waals surface area contributed by atoms with Crippen LogP contribution in [0.4, 0.5) is 23.7 Å². The van der Waals surface area contributed by atoms with Crippen LogP contribution in [-0.2, 0) is 16.1 Å². The Morgan fingerprint density at radius 1 is 1.03 bits per heavy atom. The fourth-order valence-electron chi connectivity index (χ4n) is 4.06. The van der Waals surface area contributed by atoms with Gasteiger partial charge in [0.2, 0.25) is 0 Å². The Hall–Kier alpha value is -2.53. The van der Waals surface area contributed by atoms with Crippen molar-refractivity contribution in [3.8, 4) is 0 Å². The zero-order valence-corrected chi connectivity index (χ0v) is 19.0. The van der Waals surface area contributed by atoms with E-state index in [1.807, 2.05) is 17.9 Å². The predicted molar refractivity (Wildman–Crippen MR) is 116 cm³/mol. The number of carboxylic acids is 1. The lowest BCUT2D eigenvalue weighted by molar-refractivity contribution is -0.200. The maximum absolute atomic E-state index is 12.6. The van der Waals surface area contributed by atoms with Gasteiger partial charge in [0.05, 0.1) is 6.54 Å². The quantitative estimate of drug-likeness (QED) is 0.682. The SMILES string of the molecule is Cc1ccc(CN2CCN(C(=O)OC(C)C(F)(F)F)CC2)c(N2CCN(CC(=O)O)CC2)c1. The van der Waals surface area contributed by atoms with Crippen LogP contribution in [-0.4, -0.2) is 103 Å². The molecular formula is C22H31F3N4O4. The molecule has 0 aromatic heterocycles. The topological polar surface area (TPSA) is 76.6 Å². The van der Waals surface area contributed by atoms with E-state index in [-0.39, 0.29) is 6.54 Å². The highest BCUT2D eigenvalue weighted by Gasteiger charge is 2.40. The van der Waals surface area contributed by atoms with E-state index in [0.29, 0.717) is 45.8 Å². The highest BCUT2D eigenvalue weighted by molar-refractivity contribution is 5.69. The number of benzene rings is 1. The molecule has 11 heteroatoms. The third-order valence-electron chi connectivity index (χ3n) is 6.08. The van der Waals surface area contributed by atoms with Gasteiger partial charge in [-0.25, -0.2) is 4.79 Å². The lowest BCUT2D eigenvalue weighted by atomic mass is 10.1. The molecule has 2 aliphatic rings. The molecule has 8 nitrogen and oxygen atoms in total. The van der Waals surface area contributed by atoms with Crippen molar-refractivity contribution < 1.29 is 32.6 Å².